The highest BCUT2D eigenvalue weighted by Gasteiger charge is 2.25. The average Bonchev–Trinajstić information content (AvgIpc) is 3.81. The van der Waals surface area contributed by atoms with Gasteiger partial charge in [-0.2, -0.15) is 10.2 Å². The second kappa shape index (κ2) is 25.5. The lowest BCUT2D eigenvalue weighted by molar-refractivity contribution is 0.519. The molecule has 5 aromatic rings. The lowest BCUT2D eigenvalue weighted by Crippen LogP contribution is -2.17. The first-order valence-electron chi connectivity index (χ1n) is 25.5. The van der Waals surface area contributed by atoms with Gasteiger partial charge in [-0.05, 0) is 167 Å². The zero-order chi connectivity index (χ0) is 52.5. The van der Waals surface area contributed by atoms with Gasteiger partial charge >= 0.3 is 0 Å². The first-order valence-corrected chi connectivity index (χ1v) is 26.3. The van der Waals surface area contributed by atoms with Crippen LogP contribution in [0.5, 0.6) is 0 Å². The third kappa shape index (κ3) is 17.4. The SMILES string of the molecule is C.CCc1cc(C)c(C(C)(C)C)c(C)c1C.CCc1cc(C)c(C(C)(C)C)c(C)n1.CCc1nc(C)c(C(C)(C)C)s1.CCc1nn(C)c(C(C)(C)C)c1C.CCn1nc(C)c(C(C)(C)C)c1C. The molecule has 0 aliphatic heterocycles. The van der Waals surface area contributed by atoms with Gasteiger partial charge in [0.25, 0.3) is 0 Å². The van der Waals surface area contributed by atoms with Gasteiger partial charge in [-0.25, -0.2) is 4.98 Å². The highest BCUT2D eigenvalue weighted by Crippen LogP contribution is 2.34. The van der Waals surface area contributed by atoms with Crippen molar-refractivity contribution in [3.8, 4) is 0 Å². The van der Waals surface area contributed by atoms with E-state index < -0.39 is 0 Å². The highest BCUT2D eigenvalue weighted by atomic mass is 32.1. The summed E-state index contributed by atoms with van der Waals surface area (Å²) in [5.74, 6) is 0. The molecule has 0 radical (unpaired) electrons. The molecule has 0 bridgehead atoms. The molecular weight excluding hydrogens is 849 g/mol. The van der Waals surface area contributed by atoms with Crippen molar-refractivity contribution in [3.63, 3.8) is 0 Å². The van der Waals surface area contributed by atoms with Crippen LogP contribution in [0.3, 0.4) is 0 Å². The van der Waals surface area contributed by atoms with Crippen molar-refractivity contribution in [1.82, 2.24) is 29.5 Å². The van der Waals surface area contributed by atoms with Crippen LogP contribution in [-0.2, 0) is 66.4 Å². The first kappa shape index (κ1) is 64.4. The van der Waals surface area contributed by atoms with E-state index in [-0.39, 0.29) is 34.5 Å². The Morgan fingerprint density at radius 2 is 0.985 bits per heavy atom. The molecular formula is C61H106N6S. The molecule has 68 heavy (non-hydrogen) atoms. The van der Waals surface area contributed by atoms with Crippen molar-refractivity contribution in [1.29, 1.82) is 0 Å². The molecule has 0 amide bonds. The molecule has 5 rings (SSSR count). The molecule has 0 spiro atoms. The lowest BCUT2D eigenvalue weighted by Gasteiger charge is -2.26. The summed E-state index contributed by atoms with van der Waals surface area (Å²) in [5.41, 5.74) is 22.8. The third-order valence-corrected chi connectivity index (χ3v) is 14.3. The summed E-state index contributed by atoms with van der Waals surface area (Å²) in [6.45, 7) is 65.2. The van der Waals surface area contributed by atoms with Crippen molar-refractivity contribution in [2.24, 2.45) is 7.05 Å². The largest absolute Gasteiger partial charge is 0.272 e. The maximum Gasteiger partial charge on any atom is 0.0928 e. The van der Waals surface area contributed by atoms with E-state index in [4.69, 9.17) is 0 Å². The van der Waals surface area contributed by atoms with Gasteiger partial charge in [0.1, 0.15) is 0 Å². The average molecular weight is 956 g/mol. The molecule has 0 atom stereocenters. The summed E-state index contributed by atoms with van der Waals surface area (Å²) < 4.78 is 4.10. The molecule has 4 aromatic heterocycles. The van der Waals surface area contributed by atoms with Crippen LogP contribution in [-0.4, -0.2) is 29.5 Å². The summed E-state index contributed by atoms with van der Waals surface area (Å²) in [7, 11) is 2.03. The molecule has 386 valence electrons. The van der Waals surface area contributed by atoms with Gasteiger partial charge in [-0.15, -0.1) is 11.3 Å². The van der Waals surface area contributed by atoms with E-state index in [0.717, 1.165) is 32.2 Å². The molecule has 0 saturated heterocycles. The van der Waals surface area contributed by atoms with Crippen LogP contribution in [0.15, 0.2) is 12.1 Å². The van der Waals surface area contributed by atoms with Gasteiger partial charge in [-0.1, -0.05) is 145 Å². The first-order chi connectivity index (χ1) is 30.3. The number of aryl methyl sites for hydroxylation is 11. The molecule has 0 unspecified atom stereocenters. The Bertz CT molecular complexity index is 2260. The fourth-order valence-electron chi connectivity index (χ4n) is 10.4. The maximum absolute atomic E-state index is 4.62. The van der Waals surface area contributed by atoms with Gasteiger partial charge in [0.2, 0.25) is 0 Å². The Balaban J connectivity index is 0.000000824. The van der Waals surface area contributed by atoms with Gasteiger partial charge in [0, 0.05) is 52.2 Å². The van der Waals surface area contributed by atoms with E-state index in [1.54, 1.807) is 0 Å². The van der Waals surface area contributed by atoms with Crippen LogP contribution in [0.1, 0.15) is 246 Å². The topological polar surface area (TPSA) is 61.4 Å². The molecule has 0 fully saturated rings. The van der Waals surface area contributed by atoms with Crippen molar-refractivity contribution < 1.29 is 0 Å². The van der Waals surface area contributed by atoms with Crippen LogP contribution >= 0.6 is 11.3 Å². The van der Waals surface area contributed by atoms with Gasteiger partial charge in [0.05, 0.1) is 22.1 Å². The number of benzene rings is 1. The van der Waals surface area contributed by atoms with E-state index in [0.29, 0.717) is 0 Å². The minimum Gasteiger partial charge on any atom is -0.272 e. The lowest BCUT2D eigenvalue weighted by atomic mass is 9.78. The predicted octanol–water partition coefficient (Wildman–Crippen LogP) is 17.4. The van der Waals surface area contributed by atoms with Crippen LogP contribution in [0.25, 0.3) is 0 Å². The second-order valence-electron chi connectivity index (χ2n) is 24.0. The Kier molecular flexibility index (Phi) is 24.2. The zero-order valence-electron chi connectivity index (χ0n) is 49.3. The van der Waals surface area contributed by atoms with E-state index in [1.165, 1.54) is 99.8 Å². The summed E-state index contributed by atoms with van der Waals surface area (Å²) in [6.07, 6.45) is 4.24. The fourth-order valence-corrected chi connectivity index (χ4v) is 11.4. The second-order valence-corrected chi connectivity index (χ2v) is 25.0. The summed E-state index contributed by atoms with van der Waals surface area (Å²) >= 11 is 1.86. The van der Waals surface area contributed by atoms with E-state index in [1.807, 2.05) is 23.1 Å². The number of thiazole rings is 1. The summed E-state index contributed by atoms with van der Waals surface area (Å²) in [4.78, 5) is 10.6. The van der Waals surface area contributed by atoms with E-state index >= 15 is 0 Å². The number of pyridine rings is 1. The number of nitrogens with zero attached hydrogens (tertiary/aromatic N) is 6. The standard InChI is InChI=1S/C15H24.C13H21N.2C11H20N2.C10H17NS.CH4/c1-8-13-9-10(2)14(15(5,6)7)12(4)11(13)3;1-7-11-8-9(2)12(10(3)14-11)13(4,5)6;1-7-9-8(2)10(11(3,4)5)13(6)12-9;1-7-13-9(3)10(8(2)12-13)11(4,5)6;1-6-8-11-7(2)9(12-8)10(3,4)5;/h9H,8H2,1-7H3;8H,7H2,1-6H3;2*7H2,1-6H3;6H2,1-5H3;1H4. The maximum atomic E-state index is 4.62. The number of hydrogen-bond donors (Lipinski definition) is 0. The number of hydrogen-bond acceptors (Lipinski definition) is 5. The Morgan fingerprint density at radius 1 is 0.485 bits per heavy atom. The molecule has 0 aliphatic rings. The van der Waals surface area contributed by atoms with E-state index in [2.05, 4.69) is 238 Å². The Hall–Kier alpha value is -3.58. The zero-order valence-corrected chi connectivity index (χ0v) is 50.1. The summed E-state index contributed by atoms with van der Waals surface area (Å²) in [5, 5.41) is 10.3. The van der Waals surface area contributed by atoms with Crippen molar-refractivity contribution >= 4 is 11.3 Å². The number of aromatic nitrogens is 6. The van der Waals surface area contributed by atoms with Crippen molar-refractivity contribution in [2.75, 3.05) is 0 Å². The molecule has 1 aromatic carbocycles. The quantitative estimate of drug-likeness (QED) is 0.176. The van der Waals surface area contributed by atoms with Crippen LogP contribution in [0.2, 0.25) is 0 Å². The molecule has 4 heterocycles. The van der Waals surface area contributed by atoms with Crippen LogP contribution in [0.4, 0.5) is 0 Å². The van der Waals surface area contributed by atoms with Gasteiger partial charge in [-0.3, -0.25) is 14.3 Å². The Morgan fingerprint density at radius 3 is 1.28 bits per heavy atom. The predicted molar refractivity (Wildman–Crippen MR) is 304 cm³/mol. The molecule has 0 N–H and O–H groups in total. The third-order valence-electron chi connectivity index (χ3n) is 12.6. The highest BCUT2D eigenvalue weighted by molar-refractivity contribution is 7.11. The fraction of sp³-hybridized carbons (Fsp3) is 0.672. The Labute approximate surface area is 425 Å². The molecule has 7 heteroatoms. The van der Waals surface area contributed by atoms with Crippen LogP contribution < -0.4 is 0 Å². The van der Waals surface area contributed by atoms with Crippen molar-refractivity contribution in [2.45, 2.75) is 268 Å². The van der Waals surface area contributed by atoms with Crippen LogP contribution in [0, 0.1) is 62.3 Å². The normalized spacial score (nSPS) is 11.9. The van der Waals surface area contributed by atoms with E-state index in [9.17, 15) is 0 Å². The van der Waals surface area contributed by atoms with Crippen molar-refractivity contribution in [3.05, 3.63) is 112 Å². The minimum absolute atomic E-state index is 0. The number of rotatable bonds is 5. The molecule has 0 aliphatic carbocycles. The van der Waals surface area contributed by atoms with Gasteiger partial charge in [0.15, 0.2) is 0 Å². The summed E-state index contributed by atoms with van der Waals surface area (Å²) in [6, 6.07) is 4.58. The van der Waals surface area contributed by atoms with Gasteiger partial charge < -0.3 is 0 Å². The smallest absolute Gasteiger partial charge is 0.0928 e. The monoisotopic (exact) mass is 955 g/mol. The minimum atomic E-state index is 0. The molecule has 6 nitrogen and oxygen atoms in total. The molecule has 0 saturated carbocycles.